The summed E-state index contributed by atoms with van der Waals surface area (Å²) >= 11 is 0. The number of rotatable bonds is 4. The van der Waals surface area contributed by atoms with Gasteiger partial charge >= 0.3 is 0 Å². The third kappa shape index (κ3) is 3.79. The lowest BCUT2D eigenvalue weighted by molar-refractivity contribution is 0.557. The van der Waals surface area contributed by atoms with Gasteiger partial charge in [0.15, 0.2) is 0 Å². The Kier molecular flexibility index (Phi) is 5.77. The molecule has 0 saturated heterocycles. The second-order valence-electron chi connectivity index (χ2n) is 17.4. The lowest BCUT2D eigenvalue weighted by Gasteiger charge is -2.30. The molecule has 8 unspecified atom stereocenters. The predicted octanol–water partition coefficient (Wildman–Crippen LogP) is 10.7. The van der Waals surface area contributed by atoms with E-state index in [2.05, 4.69) is 129 Å². The Morgan fingerprint density at radius 1 is 0.315 bits per heavy atom. The summed E-state index contributed by atoms with van der Waals surface area (Å²) in [6.45, 7) is 0. The van der Waals surface area contributed by atoms with Crippen LogP contribution in [-0.2, 0) is 0 Å². The minimum atomic E-state index is 0.393. The molecule has 12 aliphatic rings. The Morgan fingerprint density at radius 2 is 0.481 bits per heavy atom. The maximum Gasteiger partial charge on any atom is 0.104 e. The van der Waals surface area contributed by atoms with Crippen LogP contribution >= 0.6 is 0 Å². The number of fused-ring (bicyclic) bond motifs is 4. The van der Waals surface area contributed by atoms with Gasteiger partial charge in [0.2, 0.25) is 0 Å². The molecule has 0 amide bonds. The van der Waals surface area contributed by atoms with Crippen LogP contribution in [-0.4, -0.2) is 18.3 Å². The topological polar surface area (TPSA) is 67.3 Å². The average molecular weight is 701 g/mol. The molecule has 12 aliphatic carbocycles. The molecule has 262 valence electrons. The second kappa shape index (κ2) is 10.5. The van der Waals surface area contributed by atoms with Crippen LogP contribution in [0.2, 0.25) is 0 Å². The smallest absolute Gasteiger partial charge is 0.104 e. The Balaban J connectivity index is 1.15. The van der Waals surface area contributed by atoms with Crippen LogP contribution in [0.25, 0.3) is 22.7 Å². The van der Waals surface area contributed by atoms with E-state index in [-0.39, 0.29) is 0 Å². The third-order valence-corrected chi connectivity index (χ3v) is 14.9. The first kappa shape index (κ1) is 29.7. The van der Waals surface area contributed by atoms with E-state index in [1.807, 2.05) is 0 Å². The van der Waals surface area contributed by atoms with E-state index in [1.54, 1.807) is 0 Å². The van der Waals surface area contributed by atoms with Crippen molar-refractivity contribution >= 4 is 0 Å². The minimum absolute atomic E-state index is 0.393. The zero-order chi connectivity index (χ0) is 35.4. The van der Waals surface area contributed by atoms with Crippen molar-refractivity contribution in [3.8, 4) is 34.9 Å². The van der Waals surface area contributed by atoms with Crippen molar-refractivity contribution in [3.63, 3.8) is 0 Å². The Bertz CT molecular complexity index is 2230. The van der Waals surface area contributed by atoms with Gasteiger partial charge in [0, 0.05) is 96.9 Å². The Labute approximate surface area is 315 Å². The van der Waals surface area contributed by atoms with Crippen LogP contribution < -0.4 is 0 Å². The van der Waals surface area contributed by atoms with E-state index in [4.69, 9.17) is 0 Å². The van der Waals surface area contributed by atoms with Crippen molar-refractivity contribution in [1.29, 1.82) is 10.5 Å². The van der Waals surface area contributed by atoms with Crippen LogP contribution in [0, 0.1) is 22.7 Å². The molecule has 0 spiro atoms. The van der Waals surface area contributed by atoms with Crippen molar-refractivity contribution in [2.75, 3.05) is 0 Å². The highest BCUT2D eigenvalue weighted by Crippen LogP contribution is 2.52. The van der Waals surface area contributed by atoms with E-state index in [1.165, 1.54) is 44.5 Å². The molecule has 0 N–H and O–H groups in total. The van der Waals surface area contributed by atoms with Gasteiger partial charge in [-0.2, -0.15) is 10.5 Å². The normalized spacial score (nSPS) is 29.3. The van der Waals surface area contributed by atoms with Crippen LogP contribution in [0.4, 0.5) is 0 Å². The van der Waals surface area contributed by atoms with E-state index in [0.717, 1.165) is 74.1 Å². The largest absolute Gasteiger partial charge is 0.320 e. The van der Waals surface area contributed by atoms with Gasteiger partial charge in [-0.25, -0.2) is 0 Å². The molecule has 0 saturated carbocycles. The fourth-order valence-electron chi connectivity index (χ4n) is 12.2. The lowest BCUT2D eigenvalue weighted by Crippen LogP contribution is -2.15. The quantitative estimate of drug-likeness (QED) is 0.175. The van der Waals surface area contributed by atoms with Crippen molar-refractivity contribution in [3.05, 3.63) is 154 Å². The molecule has 5 aromatic rings. The summed E-state index contributed by atoms with van der Waals surface area (Å²) in [4.78, 5) is 0. The summed E-state index contributed by atoms with van der Waals surface area (Å²) < 4.78 is 8.93. The molecule has 6 nitrogen and oxygen atoms in total. The van der Waals surface area contributed by atoms with Gasteiger partial charge in [0.25, 0.3) is 0 Å². The number of aromatic nitrogens is 4. The predicted molar refractivity (Wildman–Crippen MR) is 209 cm³/mol. The van der Waals surface area contributed by atoms with Gasteiger partial charge in [-0.05, 0) is 95.9 Å². The molecule has 1 aromatic carbocycles. The lowest BCUT2D eigenvalue weighted by atomic mass is 9.74. The highest BCUT2D eigenvalue weighted by molar-refractivity contribution is 5.84. The summed E-state index contributed by atoms with van der Waals surface area (Å²) in [6, 6.07) is 5.64. The molecule has 0 radical (unpaired) electrons. The van der Waals surface area contributed by atoms with Gasteiger partial charge < -0.3 is 18.3 Å². The maximum absolute atomic E-state index is 11.7. The molecule has 17 rings (SSSR count). The summed E-state index contributed by atoms with van der Waals surface area (Å²) in [6.07, 6.45) is 46.6. The average Bonchev–Trinajstić information content (AvgIpc) is 4.07. The highest BCUT2D eigenvalue weighted by atomic mass is 15.1. The maximum atomic E-state index is 11.7. The Morgan fingerprint density at radius 3 is 0.611 bits per heavy atom. The molecule has 4 aromatic heterocycles. The number of hydrogen-bond donors (Lipinski definition) is 0. The molecule has 4 heterocycles. The zero-order valence-electron chi connectivity index (χ0n) is 30.2. The van der Waals surface area contributed by atoms with Gasteiger partial charge in [0.1, 0.15) is 23.3 Å². The fraction of sp³-hybridized carbons (Fsp3) is 0.333. The van der Waals surface area contributed by atoms with E-state index in [0.29, 0.717) is 58.5 Å². The minimum Gasteiger partial charge on any atom is -0.320 e. The number of nitriles is 2. The van der Waals surface area contributed by atoms with Crippen LogP contribution in [0.3, 0.4) is 0 Å². The first-order valence-electron chi connectivity index (χ1n) is 20.3. The molecular weight excluding hydrogens is 661 g/mol. The third-order valence-electron chi connectivity index (χ3n) is 14.9. The van der Waals surface area contributed by atoms with Crippen molar-refractivity contribution in [2.45, 2.75) is 98.7 Å². The number of nitrogens with zero attached hydrogens (tertiary/aromatic N) is 6. The van der Waals surface area contributed by atoms with Gasteiger partial charge in [-0.1, -0.05) is 48.6 Å². The molecule has 8 atom stereocenters. The van der Waals surface area contributed by atoms with Gasteiger partial charge in [0.05, 0.1) is 22.7 Å². The highest BCUT2D eigenvalue weighted by Gasteiger charge is 2.38. The molecule has 0 fully saturated rings. The van der Waals surface area contributed by atoms with Crippen molar-refractivity contribution in [2.24, 2.45) is 0 Å². The number of hydrogen-bond acceptors (Lipinski definition) is 2. The molecule has 54 heavy (non-hydrogen) atoms. The summed E-state index contributed by atoms with van der Waals surface area (Å²) in [5.41, 5.74) is 15.3. The molecule has 8 bridgehead atoms. The van der Waals surface area contributed by atoms with E-state index in [9.17, 15) is 10.5 Å². The number of benzene rings is 1. The summed E-state index contributed by atoms with van der Waals surface area (Å²) in [5.74, 6) is 3.14. The molecular formula is C48H40N6. The first-order chi connectivity index (χ1) is 26.6. The standard InChI is InChI=1S/C48H40N6/c49-17-35-45(51-19-37-27-1-2-28(4-3-27)38(37)20-51)46(52-21-39-29-5-6-30(8-7-29)40(39)22-52)36(18-50)48(54-25-43-33-13-14-34(16-15-33)44(43)26-54)47(35)53-23-41-31-9-10-32(12-11-31)42(41)24-53/h1-2,5-6,9-10,13-14,19-34H,3-4,7-8,11-12,15-16H2. The van der Waals surface area contributed by atoms with Crippen LogP contribution in [0.5, 0.6) is 0 Å². The first-order valence-corrected chi connectivity index (χ1v) is 20.3. The van der Waals surface area contributed by atoms with Crippen LogP contribution in [0.15, 0.2) is 98.2 Å². The fourth-order valence-corrected chi connectivity index (χ4v) is 12.2. The van der Waals surface area contributed by atoms with Gasteiger partial charge in [-0.3, -0.25) is 0 Å². The van der Waals surface area contributed by atoms with Crippen molar-refractivity contribution in [1.82, 2.24) is 18.3 Å². The Hall–Kier alpha value is -5.72. The van der Waals surface area contributed by atoms with Gasteiger partial charge in [-0.15, -0.1) is 0 Å². The SMILES string of the molecule is N#Cc1c(-n2cc3c(c2)C2C=CC3CC2)c(-n2cc3c(c2)C2C=CC3CC2)c(C#N)c(-n2cc3c(c2)C2C=CC3CC2)c1-n1cc2c(c1)C1C=CC2CC1. The second-order valence-corrected chi connectivity index (χ2v) is 17.4. The molecule has 0 aliphatic heterocycles. The van der Waals surface area contributed by atoms with E-state index >= 15 is 0 Å². The van der Waals surface area contributed by atoms with Crippen LogP contribution in [0.1, 0.15) is 154 Å². The summed E-state index contributed by atoms with van der Waals surface area (Å²) in [5, 5.41) is 23.3. The van der Waals surface area contributed by atoms with Crippen molar-refractivity contribution < 1.29 is 0 Å². The van der Waals surface area contributed by atoms with E-state index < -0.39 is 0 Å². The zero-order valence-corrected chi connectivity index (χ0v) is 30.2. The number of allylic oxidation sites excluding steroid dienone is 8. The monoisotopic (exact) mass is 700 g/mol. The molecule has 6 heteroatoms. The summed E-state index contributed by atoms with van der Waals surface area (Å²) in [7, 11) is 0.